The van der Waals surface area contributed by atoms with Crippen molar-refractivity contribution in [3.63, 3.8) is 0 Å². The van der Waals surface area contributed by atoms with Crippen LogP contribution < -0.4 is 10.0 Å². The summed E-state index contributed by atoms with van der Waals surface area (Å²) in [4.78, 5) is 12.1. The van der Waals surface area contributed by atoms with Crippen LogP contribution in [0.2, 0.25) is 0 Å². The highest BCUT2D eigenvalue weighted by Gasteiger charge is 2.16. The molecule has 0 fully saturated rings. The summed E-state index contributed by atoms with van der Waals surface area (Å²) in [5, 5.41) is 2.70. The van der Waals surface area contributed by atoms with Gasteiger partial charge < -0.3 is 10.1 Å². The molecule has 24 heavy (non-hydrogen) atoms. The van der Waals surface area contributed by atoms with Gasteiger partial charge in [0.25, 0.3) is 10.0 Å². The van der Waals surface area contributed by atoms with Crippen LogP contribution in [0.4, 0.5) is 11.4 Å². The van der Waals surface area contributed by atoms with Gasteiger partial charge >= 0.3 is 0 Å². The molecule has 0 aliphatic heterocycles. The molecular formula is C17H20N2O4S. The van der Waals surface area contributed by atoms with Crippen molar-refractivity contribution >= 4 is 27.3 Å². The minimum Gasteiger partial charge on any atom is -0.381 e. The molecule has 0 bridgehead atoms. The lowest BCUT2D eigenvalue weighted by Crippen LogP contribution is -2.18. The first-order valence-electron chi connectivity index (χ1n) is 7.57. The minimum absolute atomic E-state index is 0.155. The largest absolute Gasteiger partial charge is 0.381 e. The third-order valence-corrected chi connectivity index (χ3v) is 4.56. The molecule has 7 heteroatoms. The Kier molecular flexibility index (Phi) is 6.34. The molecule has 0 aromatic heterocycles. The highest BCUT2D eigenvalue weighted by atomic mass is 32.2. The summed E-state index contributed by atoms with van der Waals surface area (Å²) in [5.41, 5.74) is 0.713. The van der Waals surface area contributed by atoms with Crippen LogP contribution in [0.3, 0.4) is 0 Å². The van der Waals surface area contributed by atoms with E-state index in [2.05, 4.69) is 10.0 Å². The van der Waals surface area contributed by atoms with E-state index in [4.69, 9.17) is 4.74 Å². The molecule has 0 atom stereocenters. The van der Waals surface area contributed by atoms with Crippen LogP contribution in [0.5, 0.6) is 0 Å². The van der Waals surface area contributed by atoms with Gasteiger partial charge in [0.1, 0.15) is 0 Å². The maximum Gasteiger partial charge on any atom is 0.261 e. The van der Waals surface area contributed by atoms with Crippen molar-refractivity contribution in [3.8, 4) is 0 Å². The topological polar surface area (TPSA) is 84.5 Å². The Bertz CT molecular complexity index is 776. The molecule has 2 N–H and O–H groups in total. The van der Waals surface area contributed by atoms with E-state index in [1.54, 1.807) is 42.5 Å². The van der Waals surface area contributed by atoms with Crippen LogP contribution >= 0.6 is 0 Å². The number of anilines is 2. The van der Waals surface area contributed by atoms with Crippen LogP contribution in [-0.2, 0) is 19.6 Å². The van der Waals surface area contributed by atoms with Crippen molar-refractivity contribution in [2.45, 2.75) is 18.2 Å². The fourth-order valence-electron chi connectivity index (χ4n) is 2.01. The van der Waals surface area contributed by atoms with Gasteiger partial charge in [-0.05, 0) is 31.2 Å². The van der Waals surface area contributed by atoms with Gasteiger partial charge in [0.05, 0.1) is 29.3 Å². The Labute approximate surface area is 141 Å². The second-order valence-electron chi connectivity index (χ2n) is 4.96. The predicted octanol–water partition coefficient (Wildman–Crippen LogP) is 2.85. The van der Waals surface area contributed by atoms with E-state index in [1.165, 1.54) is 12.1 Å². The van der Waals surface area contributed by atoms with Gasteiger partial charge in [0.15, 0.2) is 0 Å². The number of para-hydroxylation sites is 2. The Hall–Kier alpha value is -2.38. The summed E-state index contributed by atoms with van der Waals surface area (Å²) in [5.74, 6) is -0.241. The van der Waals surface area contributed by atoms with Gasteiger partial charge in [0.2, 0.25) is 5.91 Å². The first kappa shape index (κ1) is 18.0. The molecule has 0 unspecified atom stereocenters. The normalized spacial score (nSPS) is 11.0. The number of sulfonamides is 1. The summed E-state index contributed by atoms with van der Waals surface area (Å²) in [6, 6.07) is 14.7. The maximum absolute atomic E-state index is 12.4. The molecule has 2 rings (SSSR count). The number of carbonyl (C=O) groups is 1. The number of carbonyl (C=O) groups excluding carboxylic acids is 1. The number of ether oxygens (including phenoxy) is 1. The van der Waals surface area contributed by atoms with Crippen molar-refractivity contribution in [3.05, 3.63) is 54.6 Å². The molecule has 0 saturated carbocycles. The summed E-state index contributed by atoms with van der Waals surface area (Å²) < 4.78 is 32.5. The monoisotopic (exact) mass is 348 g/mol. The average molecular weight is 348 g/mol. The third kappa shape index (κ3) is 5.07. The van der Waals surface area contributed by atoms with Crippen molar-refractivity contribution in [1.82, 2.24) is 0 Å². The summed E-state index contributed by atoms with van der Waals surface area (Å²) in [6.45, 7) is 2.71. The zero-order valence-corrected chi connectivity index (χ0v) is 14.2. The number of hydrogen-bond donors (Lipinski definition) is 2. The van der Waals surface area contributed by atoms with Crippen molar-refractivity contribution in [2.75, 3.05) is 23.3 Å². The molecule has 0 aliphatic carbocycles. The minimum atomic E-state index is -3.72. The van der Waals surface area contributed by atoms with E-state index in [0.29, 0.717) is 24.6 Å². The highest BCUT2D eigenvalue weighted by molar-refractivity contribution is 7.92. The average Bonchev–Trinajstić information content (AvgIpc) is 2.57. The Balaban J connectivity index is 2.13. The molecule has 0 spiro atoms. The van der Waals surface area contributed by atoms with Crippen LogP contribution in [0.25, 0.3) is 0 Å². The van der Waals surface area contributed by atoms with E-state index >= 15 is 0 Å². The van der Waals surface area contributed by atoms with Crippen LogP contribution in [0, 0.1) is 0 Å². The van der Waals surface area contributed by atoms with Gasteiger partial charge in [-0.15, -0.1) is 0 Å². The number of benzene rings is 2. The van der Waals surface area contributed by atoms with Gasteiger partial charge in [-0.3, -0.25) is 9.52 Å². The lowest BCUT2D eigenvalue weighted by atomic mass is 10.2. The van der Waals surface area contributed by atoms with E-state index in [-0.39, 0.29) is 17.2 Å². The lowest BCUT2D eigenvalue weighted by Gasteiger charge is -2.13. The lowest BCUT2D eigenvalue weighted by molar-refractivity contribution is -0.117. The fraction of sp³-hybridized carbons (Fsp3) is 0.235. The zero-order chi connectivity index (χ0) is 17.4. The smallest absolute Gasteiger partial charge is 0.261 e. The van der Waals surface area contributed by atoms with Gasteiger partial charge in [-0.25, -0.2) is 8.42 Å². The zero-order valence-electron chi connectivity index (χ0n) is 13.4. The molecule has 0 saturated heterocycles. The molecule has 2 aromatic rings. The van der Waals surface area contributed by atoms with Crippen LogP contribution in [0.1, 0.15) is 13.3 Å². The molecule has 2 aromatic carbocycles. The molecule has 0 heterocycles. The third-order valence-electron chi connectivity index (χ3n) is 3.18. The van der Waals surface area contributed by atoms with Gasteiger partial charge in [-0.1, -0.05) is 30.3 Å². The highest BCUT2D eigenvalue weighted by Crippen LogP contribution is 2.24. The number of hydrogen-bond acceptors (Lipinski definition) is 4. The van der Waals surface area contributed by atoms with Crippen molar-refractivity contribution in [1.29, 1.82) is 0 Å². The van der Waals surface area contributed by atoms with E-state index in [1.807, 2.05) is 6.92 Å². The summed E-state index contributed by atoms with van der Waals surface area (Å²) in [6.07, 6.45) is 0.202. The Morgan fingerprint density at radius 3 is 2.29 bits per heavy atom. The predicted molar refractivity (Wildman–Crippen MR) is 93.4 cm³/mol. The van der Waals surface area contributed by atoms with Crippen molar-refractivity contribution in [2.24, 2.45) is 0 Å². The SMILES string of the molecule is CCOCCC(=O)Nc1ccccc1NS(=O)(=O)c1ccccc1. The van der Waals surface area contributed by atoms with Crippen LogP contribution in [0.15, 0.2) is 59.5 Å². The molecule has 6 nitrogen and oxygen atoms in total. The molecule has 0 radical (unpaired) electrons. The molecular weight excluding hydrogens is 328 g/mol. The molecule has 1 amide bonds. The first-order valence-corrected chi connectivity index (χ1v) is 9.05. The van der Waals surface area contributed by atoms with E-state index < -0.39 is 10.0 Å². The second kappa shape index (κ2) is 8.47. The number of nitrogens with one attached hydrogen (secondary N) is 2. The van der Waals surface area contributed by atoms with E-state index in [9.17, 15) is 13.2 Å². The summed E-state index contributed by atoms with van der Waals surface area (Å²) >= 11 is 0. The summed E-state index contributed by atoms with van der Waals surface area (Å²) in [7, 11) is -3.72. The van der Waals surface area contributed by atoms with Gasteiger partial charge in [0, 0.05) is 6.61 Å². The second-order valence-corrected chi connectivity index (χ2v) is 6.64. The molecule has 128 valence electrons. The van der Waals surface area contributed by atoms with E-state index in [0.717, 1.165) is 0 Å². The van der Waals surface area contributed by atoms with Crippen LogP contribution in [-0.4, -0.2) is 27.5 Å². The quantitative estimate of drug-likeness (QED) is 0.719. The first-order chi connectivity index (χ1) is 11.5. The molecule has 0 aliphatic rings. The Morgan fingerprint density at radius 1 is 1.00 bits per heavy atom. The fourth-order valence-corrected chi connectivity index (χ4v) is 3.11. The number of rotatable bonds is 8. The maximum atomic E-state index is 12.4. The number of amides is 1. The van der Waals surface area contributed by atoms with Crippen molar-refractivity contribution < 1.29 is 17.9 Å². The standard InChI is InChI=1S/C17H20N2O4S/c1-2-23-13-12-17(20)18-15-10-6-7-11-16(15)19-24(21,22)14-8-4-3-5-9-14/h3-11,19H,2,12-13H2,1H3,(H,18,20). The van der Waals surface area contributed by atoms with Gasteiger partial charge in [-0.2, -0.15) is 0 Å². The Morgan fingerprint density at radius 2 is 1.62 bits per heavy atom.